The Balaban J connectivity index is 2.09. The summed E-state index contributed by atoms with van der Waals surface area (Å²) in [5.74, 6) is 0.731. The van der Waals surface area contributed by atoms with Crippen LogP contribution in [-0.2, 0) is 6.54 Å². The maximum atomic E-state index is 10.2. The van der Waals surface area contributed by atoms with Gasteiger partial charge in [-0.25, -0.2) is 0 Å². The van der Waals surface area contributed by atoms with Crippen LogP contribution in [0.15, 0.2) is 42.5 Å². The third-order valence-electron chi connectivity index (χ3n) is 3.23. The highest BCUT2D eigenvalue weighted by atomic mass is 16.5. The van der Waals surface area contributed by atoms with Crippen molar-refractivity contribution in [2.45, 2.75) is 13.5 Å². The molecule has 0 aromatic heterocycles. The number of aromatic hydroxyl groups is 1. The third kappa shape index (κ3) is 3.81. The molecule has 0 fully saturated rings. The van der Waals surface area contributed by atoms with Crippen LogP contribution in [-0.4, -0.2) is 25.8 Å². The number of nitrogens with zero attached hydrogens (tertiary/aromatic N) is 1. The zero-order chi connectivity index (χ0) is 15.2. The Kier molecular flexibility index (Phi) is 4.93. The van der Waals surface area contributed by atoms with Crippen LogP contribution in [0.1, 0.15) is 12.5 Å². The SMILES string of the molecule is CCOc1cccc(CNc2cccc(N(C)C)c2)c1O. The number of ether oxygens (including phenoxy) is 1. The minimum Gasteiger partial charge on any atom is -0.504 e. The maximum Gasteiger partial charge on any atom is 0.162 e. The van der Waals surface area contributed by atoms with Crippen molar-refractivity contribution in [3.05, 3.63) is 48.0 Å². The average Bonchev–Trinajstić information content (AvgIpc) is 2.48. The Hall–Kier alpha value is -2.36. The van der Waals surface area contributed by atoms with Crippen molar-refractivity contribution in [2.75, 3.05) is 30.9 Å². The van der Waals surface area contributed by atoms with Gasteiger partial charge >= 0.3 is 0 Å². The third-order valence-corrected chi connectivity index (χ3v) is 3.23. The summed E-state index contributed by atoms with van der Waals surface area (Å²) in [6.07, 6.45) is 0. The highest BCUT2D eigenvalue weighted by molar-refractivity contribution is 5.58. The van der Waals surface area contributed by atoms with Crippen molar-refractivity contribution in [3.63, 3.8) is 0 Å². The normalized spacial score (nSPS) is 10.2. The van der Waals surface area contributed by atoms with Crippen molar-refractivity contribution in [1.29, 1.82) is 0 Å². The first-order valence-corrected chi connectivity index (χ1v) is 7.06. The molecule has 0 spiro atoms. The zero-order valence-corrected chi connectivity index (χ0v) is 12.8. The lowest BCUT2D eigenvalue weighted by Crippen LogP contribution is -2.09. The minimum atomic E-state index is 0.204. The molecule has 2 N–H and O–H groups in total. The van der Waals surface area contributed by atoms with Gasteiger partial charge in [-0.3, -0.25) is 0 Å². The van der Waals surface area contributed by atoms with Gasteiger partial charge < -0.3 is 20.1 Å². The van der Waals surface area contributed by atoms with Crippen molar-refractivity contribution < 1.29 is 9.84 Å². The molecule has 0 heterocycles. The van der Waals surface area contributed by atoms with E-state index in [1.807, 2.05) is 45.3 Å². The number of hydrogen-bond acceptors (Lipinski definition) is 4. The van der Waals surface area contributed by atoms with Gasteiger partial charge in [0.25, 0.3) is 0 Å². The van der Waals surface area contributed by atoms with E-state index < -0.39 is 0 Å². The van der Waals surface area contributed by atoms with Crippen LogP contribution < -0.4 is 15.0 Å². The van der Waals surface area contributed by atoms with Gasteiger partial charge in [-0.1, -0.05) is 18.2 Å². The minimum absolute atomic E-state index is 0.204. The second-order valence-electron chi connectivity index (χ2n) is 5.00. The van der Waals surface area contributed by atoms with E-state index >= 15 is 0 Å². The fourth-order valence-electron chi connectivity index (χ4n) is 2.07. The molecule has 112 valence electrons. The molecule has 0 atom stereocenters. The van der Waals surface area contributed by atoms with Crippen molar-refractivity contribution in [1.82, 2.24) is 0 Å². The van der Waals surface area contributed by atoms with Gasteiger partial charge in [0.1, 0.15) is 0 Å². The molecule has 4 nitrogen and oxygen atoms in total. The Morgan fingerprint density at radius 1 is 1.14 bits per heavy atom. The number of phenolic OH excluding ortho intramolecular Hbond substituents is 1. The molecule has 0 aliphatic carbocycles. The Labute approximate surface area is 126 Å². The second kappa shape index (κ2) is 6.88. The second-order valence-corrected chi connectivity index (χ2v) is 5.00. The standard InChI is InChI=1S/C17H22N2O2/c1-4-21-16-10-5-7-13(17(16)20)12-18-14-8-6-9-15(11-14)19(2)3/h5-11,18,20H,4,12H2,1-3H3. The molecule has 4 heteroatoms. The average molecular weight is 286 g/mol. The topological polar surface area (TPSA) is 44.7 Å². The van der Waals surface area contributed by atoms with Crippen LogP contribution in [0, 0.1) is 0 Å². The fraction of sp³-hybridized carbons (Fsp3) is 0.294. The van der Waals surface area contributed by atoms with E-state index in [2.05, 4.69) is 22.3 Å². The predicted octanol–water partition coefficient (Wildman–Crippen LogP) is 3.47. The first kappa shape index (κ1) is 15.0. The molecule has 21 heavy (non-hydrogen) atoms. The highest BCUT2D eigenvalue weighted by Crippen LogP contribution is 2.30. The summed E-state index contributed by atoms with van der Waals surface area (Å²) in [5, 5.41) is 13.5. The monoisotopic (exact) mass is 286 g/mol. The molecule has 0 bridgehead atoms. The summed E-state index contributed by atoms with van der Waals surface area (Å²) >= 11 is 0. The van der Waals surface area contributed by atoms with E-state index in [1.165, 1.54) is 0 Å². The Bertz CT molecular complexity index is 597. The predicted molar refractivity (Wildman–Crippen MR) is 87.4 cm³/mol. The summed E-state index contributed by atoms with van der Waals surface area (Å²) in [5.41, 5.74) is 2.96. The van der Waals surface area contributed by atoms with Crippen LogP contribution in [0.2, 0.25) is 0 Å². The molecular formula is C17H22N2O2. The van der Waals surface area contributed by atoms with E-state index in [-0.39, 0.29) is 5.75 Å². The number of phenols is 1. The van der Waals surface area contributed by atoms with Crippen molar-refractivity contribution >= 4 is 11.4 Å². The van der Waals surface area contributed by atoms with Gasteiger partial charge in [0.15, 0.2) is 11.5 Å². The number of hydrogen-bond donors (Lipinski definition) is 2. The van der Waals surface area contributed by atoms with Crippen LogP contribution >= 0.6 is 0 Å². The summed E-state index contributed by atoms with van der Waals surface area (Å²) in [6.45, 7) is 2.98. The maximum absolute atomic E-state index is 10.2. The van der Waals surface area contributed by atoms with Crippen LogP contribution in [0.5, 0.6) is 11.5 Å². The molecule has 0 unspecified atom stereocenters. The van der Waals surface area contributed by atoms with Gasteiger partial charge in [-0.2, -0.15) is 0 Å². The lowest BCUT2D eigenvalue weighted by molar-refractivity contribution is 0.317. The van der Waals surface area contributed by atoms with Gasteiger partial charge in [-0.15, -0.1) is 0 Å². The number of nitrogens with one attached hydrogen (secondary N) is 1. The van der Waals surface area contributed by atoms with E-state index in [0.29, 0.717) is 18.9 Å². The molecule has 0 saturated heterocycles. The number of para-hydroxylation sites is 1. The molecule has 0 aliphatic heterocycles. The molecular weight excluding hydrogens is 264 g/mol. The number of benzene rings is 2. The Morgan fingerprint density at radius 3 is 2.62 bits per heavy atom. The largest absolute Gasteiger partial charge is 0.504 e. The van der Waals surface area contributed by atoms with E-state index in [1.54, 1.807) is 6.07 Å². The molecule has 2 aromatic rings. The molecule has 0 saturated carbocycles. The van der Waals surface area contributed by atoms with Gasteiger partial charge in [0.2, 0.25) is 0 Å². The van der Waals surface area contributed by atoms with Crippen LogP contribution in [0.4, 0.5) is 11.4 Å². The molecule has 2 aromatic carbocycles. The van der Waals surface area contributed by atoms with Gasteiger partial charge in [0, 0.05) is 37.6 Å². The van der Waals surface area contributed by atoms with Crippen LogP contribution in [0.25, 0.3) is 0 Å². The highest BCUT2D eigenvalue weighted by Gasteiger charge is 2.07. The van der Waals surface area contributed by atoms with E-state index in [0.717, 1.165) is 16.9 Å². The van der Waals surface area contributed by atoms with E-state index in [9.17, 15) is 5.11 Å². The number of rotatable bonds is 6. The molecule has 2 rings (SSSR count). The van der Waals surface area contributed by atoms with Gasteiger partial charge in [-0.05, 0) is 31.2 Å². The van der Waals surface area contributed by atoms with Crippen molar-refractivity contribution in [3.8, 4) is 11.5 Å². The summed E-state index contributed by atoms with van der Waals surface area (Å²) in [6, 6.07) is 13.7. The summed E-state index contributed by atoms with van der Waals surface area (Å²) < 4.78 is 5.40. The first-order valence-electron chi connectivity index (χ1n) is 7.06. The lowest BCUT2D eigenvalue weighted by Gasteiger charge is -2.15. The van der Waals surface area contributed by atoms with Crippen molar-refractivity contribution in [2.24, 2.45) is 0 Å². The van der Waals surface area contributed by atoms with Gasteiger partial charge in [0.05, 0.1) is 6.61 Å². The van der Waals surface area contributed by atoms with Crippen LogP contribution in [0.3, 0.4) is 0 Å². The van der Waals surface area contributed by atoms with E-state index in [4.69, 9.17) is 4.74 Å². The number of anilines is 2. The first-order chi connectivity index (χ1) is 10.1. The Morgan fingerprint density at radius 2 is 1.90 bits per heavy atom. The summed E-state index contributed by atoms with van der Waals surface area (Å²) in [4.78, 5) is 2.05. The smallest absolute Gasteiger partial charge is 0.162 e. The fourth-order valence-corrected chi connectivity index (χ4v) is 2.07. The molecule has 0 radical (unpaired) electrons. The zero-order valence-electron chi connectivity index (χ0n) is 12.8. The molecule has 0 aliphatic rings. The quantitative estimate of drug-likeness (QED) is 0.853. The molecule has 0 amide bonds. The summed E-state index contributed by atoms with van der Waals surface area (Å²) in [7, 11) is 4.02. The lowest BCUT2D eigenvalue weighted by atomic mass is 10.1.